The number of carbonyl (C=O) groups is 1. The van der Waals surface area contributed by atoms with Gasteiger partial charge in [0.25, 0.3) is 0 Å². The average molecular weight is 573 g/mol. The van der Waals surface area contributed by atoms with Gasteiger partial charge in [-0.15, -0.1) is 0 Å². The van der Waals surface area contributed by atoms with Crippen LogP contribution in [0.4, 0.5) is 0 Å². The van der Waals surface area contributed by atoms with E-state index in [0.717, 1.165) is 38.5 Å². The van der Waals surface area contributed by atoms with Gasteiger partial charge in [0, 0.05) is 6.42 Å². The zero-order chi connectivity index (χ0) is 28.9. The van der Waals surface area contributed by atoms with Crippen molar-refractivity contribution >= 4 is 15.6 Å². The quantitative estimate of drug-likeness (QED) is 0.354. The van der Waals surface area contributed by atoms with Crippen molar-refractivity contribution in [1.29, 1.82) is 0 Å². The lowest BCUT2D eigenvalue weighted by Gasteiger charge is -2.64. The molecule has 224 valence electrons. The summed E-state index contributed by atoms with van der Waals surface area (Å²) >= 11 is 0. The van der Waals surface area contributed by atoms with Crippen LogP contribution in [0.5, 0.6) is 0 Å². The van der Waals surface area contributed by atoms with E-state index in [1.807, 2.05) is 0 Å². The Morgan fingerprint density at radius 3 is 2.35 bits per heavy atom. The first kappa shape index (κ1) is 30.2. The number of hydrogen-bond acceptors (Lipinski definition) is 5. The molecular weight excluding hydrogens is 520 g/mol. The van der Waals surface area contributed by atoms with E-state index in [4.69, 9.17) is 0 Å². The number of rotatable bonds is 9. The SMILES string of the molecule is CC[C@H]1[C@@H](O)[C@@H]2[C@H](CC[C@]3(C)[C@@H]([C@H](C)CCCC(=O)CS(=O)(=O)c4ccccc4)CC[C@@H]23)[C@@]2(C)CC[C@@H](O)C[C@@H]12. The Balaban J connectivity index is 1.22. The topological polar surface area (TPSA) is 91.7 Å². The van der Waals surface area contributed by atoms with Crippen LogP contribution in [-0.2, 0) is 14.6 Å². The van der Waals surface area contributed by atoms with Gasteiger partial charge in [-0.1, -0.05) is 58.7 Å². The highest BCUT2D eigenvalue weighted by Gasteiger charge is 2.64. The largest absolute Gasteiger partial charge is 0.393 e. The average Bonchev–Trinajstić information content (AvgIpc) is 3.27. The van der Waals surface area contributed by atoms with Crippen LogP contribution < -0.4 is 0 Å². The lowest BCUT2D eigenvalue weighted by molar-refractivity contribution is -0.203. The molecule has 6 heteroatoms. The van der Waals surface area contributed by atoms with E-state index >= 15 is 0 Å². The van der Waals surface area contributed by atoms with Gasteiger partial charge in [-0.25, -0.2) is 8.42 Å². The van der Waals surface area contributed by atoms with Crippen molar-refractivity contribution in [1.82, 2.24) is 0 Å². The van der Waals surface area contributed by atoms with Crippen molar-refractivity contribution in [3.8, 4) is 0 Å². The number of ketones is 1. The van der Waals surface area contributed by atoms with Gasteiger partial charge < -0.3 is 10.2 Å². The van der Waals surface area contributed by atoms with Gasteiger partial charge in [0.2, 0.25) is 0 Å². The second-order valence-electron chi connectivity index (χ2n) is 14.6. The van der Waals surface area contributed by atoms with Crippen LogP contribution in [0, 0.1) is 52.3 Å². The number of sulfone groups is 1. The molecule has 0 amide bonds. The van der Waals surface area contributed by atoms with Gasteiger partial charge in [0.05, 0.1) is 17.1 Å². The number of aliphatic hydroxyl groups excluding tert-OH is 2. The fraction of sp³-hybridized carbons (Fsp3) is 0.794. The number of Topliss-reactive ketones (excluding diaryl/α,β-unsaturated/α-hetero) is 1. The highest BCUT2D eigenvalue weighted by molar-refractivity contribution is 7.92. The summed E-state index contributed by atoms with van der Waals surface area (Å²) < 4.78 is 25.2. The van der Waals surface area contributed by atoms with Gasteiger partial charge in [0.1, 0.15) is 11.5 Å². The highest BCUT2D eigenvalue weighted by atomic mass is 32.2. The first-order valence-electron chi connectivity index (χ1n) is 16.1. The molecule has 5 nitrogen and oxygen atoms in total. The van der Waals surface area contributed by atoms with Crippen LogP contribution in [0.2, 0.25) is 0 Å². The van der Waals surface area contributed by atoms with E-state index in [-0.39, 0.29) is 39.6 Å². The van der Waals surface area contributed by atoms with Gasteiger partial charge in [-0.3, -0.25) is 4.79 Å². The minimum Gasteiger partial charge on any atom is -0.393 e. The summed E-state index contributed by atoms with van der Waals surface area (Å²) in [7, 11) is -3.58. The first-order chi connectivity index (χ1) is 18.9. The molecule has 0 unspecified atom stereocenters. The molecule has 0 heterocycles. The van der Waals surface area contributed by atoms with Crippen LogP contribution in [0.25, 0.3) is 0 Å². The Kier molecular flexibility index (Phi) is 8.65. The Hall–Kier alpha value is -1.24. The first-order valence-corrected chi connectivity index (χ1v) is 17.7. The van der Waals surface area contributed by atoms with Crippen LogP contribution in [0.15, 0.2) is 35.2 Å². The molecule has 0 spiro atoms. The molecule has 11 atom stereocenters. The van der Waals surface area contributed by atoms with E-state index < -0.39 is 15.6 Å². The van der Waals surface area contributed by atoms with Crippen LogP contribution >= 0.6 is 0 Å². The van der Waals surface area contributed by atoms with E-state index in [9.17, 15) is 23.4 Å². The van der Waals surface area contributed by atoms with Gasteiger partial charge in [-0.05, 0) is 116 Å². The molecule has 0 aliphatic heterocycles. The molecule has 4 fully saturated rings. The number of aliphatic hydroxyl groups is 2. The number of fused-ring (bicyclic) bond motifs is 5. The normalized spacial score (nSPS) is 42.0. The molecule has 1 aromatic carbocycles. The summed E-state index contributed by atoms with van der Waals surface area (Å²) in [5, 5.41) is 22.4. The predicted molar refractivity (Wildman–Crippen MR) is 158 cm³/mol. The monoisotopic (exact) mass is 572 g/mol. The van der Waals surface area contributed by atoms with Crippen LogP contribution in [0.1, 0.15) is 98.3 Å². The van der Waals surface area contributed by atoms with Crippen molar-refractivity contribution in [2.75, 3.05) is 5.75 Å². The maximum Gasteiger partial charge on any atom is 0.185 e. The van der Waals surface area contributed by atoms with Crippen molar-refractivity contribution in [2.45, 2.75) is 115 Å². The lowest BCUT2D eigenvalue weighted by Crippen LogP contribution is -2.62. The fourth-order valence-electron chi connectivity index (χ4n) is 10.8. The molecule has 4 aliphatic rings. The summed E-state index contributed by atoms with van der Waals surface area (Å²) in [4.78, 5) is 12.8. The van der Waals surface area contributed by atoms with E-state index in [0.29, 0.717) is 41.9 Å². The second-order valence-corrected chi connectivity index (χ2v) is 16.6. The third-order valence-electron chi connectivity index (χ3n) is 12.7. The molecule has 2 N–H and O–H groups in total. The molecule has 4 aliphatic carbocycles. The predicted octanol–water partition coefficient (Wildman–Crippen LogP) is 6.46. The van der Waals surface area contributed by atoms with Gasteiger partial charge >= 0.3 is 0 Å². The third-order valence-corrected chi connectivity index (χ3v) is 14.4. The highest BCUT2D eigenvalue weighted by Crippen LogP contribution is 2.69. The standard InChI is InChI=1S/C34H52O5S/c1-5-26-30-20-23(35)16-18-34(30,4)29-17-19-33(3)27(14-15-28(33)31(29)32(26)37)22(2)10-9-11-24(36)21-40(38,39)25-12-7-6-8-13-25/h6-8,12-13,22-23,26-32,35,37H,5,9-11,14-21H2,1-4H3/t22-,23-,26-,27-,28+,29+,30+,31+,32-,33-,34-/m1/s1. The number of carbonyl (C=O) groups excluding carboxylic acids is 1. The summed E-state index contributed by atoms with van der Waals surface area (Å²) in [6.45, 7) is 9.54. The molecule has 4 saturated carbocycles. The summed E-state index contributed by atoms with van der Waals surface area (Å²) in [5.41, 5.74) is 0.424. The lowest BCUT2D eigenvalue weighted by atomic mass is 9.41. The Morgan fingerprint density at radius 1 is 0.975 bits per heavy atom. The van der Waals surface area contributed by atoms with E-state index in [1.165, 1.54) is 25.7 Å². The van der Waals surface area contributed by atoms with Crippen molar-refractivity contribution < 1.29 is 23.4 Å². The fourth-order valence-corrected chi connectivity index (χ4v) is 12.1. The number of benzene rings is 1. The Bertz CT molecular complexity index is 1150. The Morgan fingerprint density at radius 2 is 1.65 bits per heavy atom. The van der Waals surface area contributed by atoms with Crippen LogP contribution in [-0.4, -0.2) is 42.4 Å². The maximum atomic E-state index is 12.6. The minimum absolute atomic E-state index is 0.191. The van der Waals surface area contributed by atoms with Crippen LogP contribution in [0.3, 0.4) is 0 Å². The molecule has 40 heavy (non-hydrogen) atoms. The van der Waals surface area contributed by atoms with Gasteiger partial charge in [-0.2, -0.15) is 0 Å². The summed E-state index contributed by atoms with van der Waals surface area (Å²) in [5.74, 6) is 2.56. The second kappa shape index (κ2) is 11.4. The molecule has 0 aromatic heterocycles. The van der Waals surface area contributed by atoms with E-state index in [2.05, 4.69) is 27.7 Å². The zero-order valence-electron chi connectivity index (χ0n) is 25.1. The molecule has 0 bridgehead atoms. The summed E-state index contributed by atoms with van der Waals surface area (Å²) in [6, 6.07) is 8.27. The smallest absolute Gasteiger partial charge is 0.185 e. The molecule has 1 aromatic rings. The van der Waals surface area contributed by atoms with E-state index in [1.54, 1.807) is 30.3 Å². The number of hydrogen-bond donors (Lipinski definition) is 2. The van der Waals surface area contributed by atoms with Gasteiger partial charge in [0.15, 0.2) is 9.84 Å². The Labute approximate surface area is 242 Å². The van der Waals surface area contributed by atoms with Crippen molar-refractivity contribution in [3.63, 3.8) is 0 Å². The molecular formula is C34H52O5S. The maximum absolute atomic E-state index is 12.6. The molecule has 0 saturated heterocycles. The minimum atomic E-state index is -3.58. The molecule has 0 radical (unpaired) electrons. The summed E-state index contributed by atoms with van der Waals surface area (Å²) in [6.07, 6.45) is 10.1. The third kappa shape index (κ3) is 5.24. The van der Waals surface area contributed by atoms with Crippen molar-refractivity contribution in [2.24, 2.45) is 52.3 Å². The zero-order valence-corrected chi connectivity index (χ0v) is 25.9. The van der Waals surface area contributed by atoms with Crippen molar-refractivity contribution in [3.05, 3.63) is 30.3 Å². The molecule has 5 rings (SSSR count).